The third-order valence-electron chi connectivity index (χ3n) is 4.24. The molecular formula is C19H30ClNO2. The zero-order valence-corrected chi connectivity index (χ0v) is 15.5. The van der Waals surface area contributed by atoms with Crippen molar-refractivity contribution in [2.24, 2.45) is 0 Å². The van der Waals surface area contributed by atoms with E-state index < -0.39 is 0 Å². The number of hydrogen-bond donors (Lipinski definition) is 0. The molecule has 0 aliphatic carbocycles. The summed E-state index contributed by atoms with van der Waals surface area (Å²) in [6.07, 6.45) is 4.03. The van der Waals surface area contributed by atoms with Crippen molar-refractivity contribution in [3.8, 4) is 5.75 Å². The first kappa shape index (κ1) is 18.6. The quantitative estimate of drug-likeness (QED) is 0.682. The Bertz CT molecular complexity index is 479. The molecule has 1 aliphatic rings. The third-order valence-corrected chi connectivity index (χ3v) is 4.47. The number of benzene rings is 1. The highest BCUT2D eigenvalue weighted by atomic mass is 35.5. The highest BCUT2D eigenvalue weighted by Crippen LogP contribution is 2.33. The van der Waals surface area contributed by atoms with Crippen molar-refractivity contribution in [3.05, 3.63) is 28.8 Å². The van der Waals surface area contributed by atoms with E-state index in [0.29, 0.717) is 13.2 Å². The second-order valence-corrected chi connectivity index (χ2v) is 7.69. The first-order valence-corrected chi connectivity index (χ1v) is 9.07. The maximum atomic E-state index is 6.11. The van der Waals surface area contributed by atoms with E-state index in [1.807, 2.05) is 18.2 Å². The number of halogens is 1. The molecule has 1 saturated heterocycles. The van der Waals surface area contributed by atoms with Crippen LogP contribution >= 0.6 is 11.6 Å². The second kappa shape index (κ2) is 8.91. The minimum atomic E-state index is 0.00928. The molecule has 0 aromatic heterocycles. The molecule has 4 heteroatoms. The molecule has 1 aromatic carbocycles. The van der Waals surface area contributed by atoms with E-state index in [9.17, 15) is 0 Å². The van der Waals surface area contributed by atoms with Gasteiger partial charge >= 0.3 is 0 Å². The lowest BCUT2D eigenvalue weighted by Crippen LogP contribution is -2.32. The van der Waals surface area contributed by atoms with Crippen LogP contribution in [0.2, 0.25) is 5.02 Å². The molecule has 130 valence electrons. The second-order valence-electron chi connectivity index (χ2n) is 7.25. The predicted octanol–water partition coefficient (Wildman–Crippen LogP) is 4.52. The average Bonchev–Trinajstić information content (AvgIpc) is 2.52. The molecule has 0 bridgehead atoms. The number of hydrogen-bond acceptors (Lipinski definition) is 3. The van der Waals surface area contributed by atoms with Crippen molar-refractivity contribution in [1.29, 1.82) is 0 Å². The average molecular weight is 340 g/mol. The van der Waals surface area contributed by atoms with Crippen molar-refractivity contribution in [2.75, 3.05) is 39.5 Å². The molecule has 23 heavy (non-hydrogen) atoms. The number of nitrogens with zero attached hydrogens (tertiary/aromatic N) is 1. The predicted molar refractivity (Wildman–Crippen MR) is 96.8 cm³/mol. The van der Waals surface area contributed by atoms with E-state index >= 15 is 0 Å². The molecule has 0 atom stereocenters. The molecule has 1 aromatic rings. The van der Waals surface area contributed by atoms with E-state index in [2.05, 4.69) is 25.7 Å². The van der Waals surface area contributed by atoms with Gasteiger partial charge in [0.2, 0.25) is 0 Å². The van der Waals surface area contributed by atoms with Crippen LogP contribution in [-0.2, 0) is 10.2 Å². The summed E-state index contributed by atoms with van der Waals surface area (Å²) in [5, 5.41) is 0.750. The zero-order chi connectivity index (χ0) is 16.7. The molecule has 3 nitrogen and oxygen atoms in total. The Morgan fingerprint density at radius 2 is 1.78 bits per heavy atom. The summed E-state index contributed by atoms with van der Waals surface area (Å²) in [4.78, 5) is 2.49. The number of rotatable bonds is 7. The Kier molecular flexibility index (Phi) is 7.19. The Labute approximate surface area is 145 Å². The van der Waals surface area contributed by atoms with Crippen LogP contribution in [0, 0.1) is 0 Å². The van der Waals surface area contributed by atoms with Gasteiger partial charge in [-0.2, -0.15) is 0 Å². The van der Waals surface area contributed by atoms with Crippen LogP contribution < -0.4 is 4.74 Å². The van der Waals surface area contributed by atoms with E-state index in [1.54, 1.807) is 0 Å². The molecule has 1 heterocycles. The van der Waals surface area contributed by atoms with Crippen LogP contribution in [0.5, 0.6) is 5.75 Å². The summed E-state index contributed by atoms with van der Waals surface area (Å²) in [5.74, 6) is 0.904. The van der Waals surface area contributed by atoms with E-state index in [-0.39, 0.29) is 5.41 Å². The van der Waals surface area contributed by atoms with Gasteiger partial charge in [-0.3, -0.25) is 0 Å². The van der Waals surface area contributed by atoms with E-state index in [1.165, 1.54) is 32.4 Å². The molecule has 1 aliphatic heterocycles. The molecule has 1 fully saturated rings. The van der Waals surface area contributed by atoms with Gasteiger partial charge in [-0.25, -0.2) is 0 Å². The Hall–Kier alpha value is -0.770. The molecule has 0 N–H and O–H groups in total. The monoisotopic (exact) mass is 339 g/mol. The summed E-state index contributed by atoms with van der Waals surface area (Å²) in [7, 11) is 0. The fourth-order valence-corrected chi connectivity index (χ4v) is 3.08. The summed E-state index contributed by atoms with van der Waals surface area (Å²) in [6.45, 7) is 12.0. The summed E-state index contributed by atoms with van der Waals surface area (Å²) in [6, 6.07) is 5.83. The lowest BCUT2D eigenvalue weighted by atomic mass is 9.86. The van der Waals surface area contributed by atoms with Gasteiger partial charge in [0.1, 0.15) is 12.4 Å². The molecular weight excluding hydrogens is 310 g/mol. The van der Waals surface area contributed by atoms with Gasteiger partial charge in [-0.05, 0) is 49.5 Å². The van der Waals surface area contributed by atoms with Crippen LogP contribution in [0.15, 0.2) is 18.2 Å². The normalized spacial score (nSPS) is 16.5. The van der Waals surface area contributed by atoms with Gasteiger partial charge in [0.05, 0.1) is 13.2 Å². The third kappa shape index (κ3) is 6.33. The van der Waals surface area contributed by atoms with Gasteiger partial charge < -0.3 is 14.4 Å². The largest absolute Gasteiger partial charge is 0.491 e. The fourth-order valence-electron chi connectivity index (χ4n) is 2.90. The van der Waals surface area contributed by atoms with Crippen LogP contribution in [0.25, 0.3) is 0 Å². The Morgan fingerprint density at radius 1 is 1.04 bits per heavy atom. The Balaban J connectivity index is 1.70. The van der Waals surface area contributed by atoms with Crippen LogP contribution in [-0.4, -0.2) is 44.4 Å². The summed E-state index contributed by atoms with van der Waals surface area (Å²) in [5.41, 5.74) is 1.15. The number of ether oxygens (including phenoxy) is 2. The zero-order valence-electron chi connectivity index (χ0n) is 14.7. The van der Waals surface area contributed by atoms with Gasteiger partial charge in [0, 0.05) is 17.1 Å². The fraction of sp³-hybridized carbons (Fsp3) is 0.684. The van der Waals surface area contributed by atoms with Gasteiger partial charge in [-0.15, -0.1) is 0 Å². The summed E-state index contributed by atoms with van der Waals surface area (Å²) >= 11 is 6.11. The lowest BCUT2D eigenvalue weighted by Gasteiger charge is -2.26. The van der Waals surface area contributed by atoms with Gasteiger partial charge in [0.25, 0.3) is 0 Å². The summed E-state index contributed by atoms with van der Waals surface area (Å²) < 4.78 is 11.6. The van der Waals surface area contributed by atoms with Crippen molar-refractivity contribution >= 4 is 11.6 Å². The van der Waals surface area contributed by atoms with Crippen molar-refractivity contribution < 1.29 is 9.47 Å². The number of likely N-dealkylation sites (tertiary alicyclic amines) is 1. The molecule has 2 rings (SSSR count). The minimum absolute atomic E-state index is 0.00928. The number of piperidine rings is 1. The highest BCUT2D eigenvalue weighted by Gasteiger charge is 2.19. The maximum Gasteiger partial charge on any atom is 0.123 e. The van der Waals surface area contributed by atoms with E-state index in [0.717, 1.165) is 29.5 Å². The van der Waals surface area contributed by atoms with Crippen molar-refractivity contribution in [1.82, 2.24) is 4.90 Å². The molecule has 0 amide bonds. The highest BCUT2D eigenvalue weighted by molar-refractivity contribution is 6.30. The molecule has 0 radical (unpaired) electrons. The van der Waals surface area contributed by atoms with Crippen LogP contribution in [0.1, 0.15) is 45.6 Å². The van der Waals surface area contributed by atoms with Crippen LogP contribution in [0.3, 0.4) is 0 Å². The Morgan fingerprint density at radius 3 is 2.48 bits per heavy atom. The standard InChI is InChI=1S/C19H30ClNO2/c1-19(2,3)17-15-16(20)7-8-18(17)23-14-13-22-12-11-21-9-5-4-6-10-21/h7-8,15H,4-6,9-14H2,1-3H3. The van der Waals surface area contributed by atoms with Gasteiger partial charge in [0.15, 0.2) is 0 Å². The topological polar surface area (TPSA) is 21.7 Å². The molecule has 0 unspecified atom stereocenters. The molecule has 0 spiro atoms. The lowest BCUT2D eigenvalue weighted by molar-refractivity contribution is 0.0746. The van der Waals surface area contributed by atoms with Gasteiger partial charge in [-0.1, -0.05) is 38.8 Å². The van der Waals surface area contributed by atoms with E-state index in [4.69, 9.17) is 21.1 Å². The SMILES string of the molecule is CC(C)(C)c1cc(Cl)ccc1OCCOCCN1CCCCC1. The van der Waals surface area contributed by atoms with Crippen LogP contribution in [0.4, 0.5) is 0 Å². The first-order chi connectivity index (χ1) is 11.0. The minimum Gasteiger partial charge on any atom is -0.491 e. The molecule has 0 saturated carbocycles. The smallest absolute Gasteiger partial charge is 0.123 e. The van der Waals surface area contributed by atoms with Crippen molar-refractivity contribution in [2.45, 2.75) is 45.4 Å². The van der Waals surface area contributed by atoms with Crippen molar-refractivity contribution in [3.63, 3.8) is 0 Å². The maximum absolute atomic E-state index is 6.11. The first-order valence-electron chi connectivity index (χ1n) is 8.70.